The van der Waals surface area contributed by atoms with E-state index in [1.807, 2.05) is 0 Å². The van der Waals surface area contributed by atoms with Crippen LogP contribution in [0.5, 0.6) is 0 Å². The Morgan fingerprint density at radius 2 is 1.04 bits per heavy atom. The van der Waals surface area contributed by atoms with E-state index in [1.165, 1.54) is 0 Å². The predicted molar refractivity (Wildman–Crippen MR) is 95.5 cm³/mol. The van der Waals surface area contributed by atoms with Crippen molar-refractivity contribution in [3.8, 4) is 0 Å². The first kappa shape index (κ1) is 20.6. The molecule has 0 aliphatic heterocycles. The monoisotopic (exact) mass is 564 g/mol. The fourth-order valence-electron chi connectivity index (χ4n) is 1.87. The molecular formula is C18H16N2O6Pb. The number of rotatable bonds is 8. The van der Waals surface area contributed by atoms with Crippen LogP contribution in [0, 0.1) is 0 Å². The number of amides is 2. The molecule has 0 bridgehead atoms. The molecule has 2 amide bonds. The van der Waals surface area contributed by atoms with Crippen molar-refractivity contribution in [3.63, 3.8) is 0 Å². The Bertz CT molecular complexity index is 731. The Morgan fingerprint density at radius 3 is 1.41 bits per heavy atom. The van der Waals surface area contributed by atoms with Crippen molar-refractivity contribution in [2.24, 2.45) is 0 Å². The number of hydrogen-bond acceptors (Lipinski definition) is 6. The summed E-state index contributed by atoms with van der Waals surface area (Å²) in [7, 11) is 0. The molecule has 0 aromatic heterocycles. The Morgan fingerprint density at radius 1 is 0.667 bits per heavy atom. The molecule has 0 saturated heterocycles. The van der Waals surface area contributed by atoms with Crippen molar-refractivity contribution in [1.29, 1.82) is 0 Å². The van der Waals surface area contributed by atoms with E-state index in [-0.39, 0.29) is 13.1 Å². The molecule has 2 aromatic rings. The summed E-state index contributed by atoms with van der Waals surface area (Å²) in [6.07, 6.45) is 0. The van der Waals surface area contributed by atoms with Crippen molar-refractivity contribution in [1.82, 2.24) is 10.6 Å². The van der Waals surface area contributed by atoms with Crippen molar-refractivity contribution in [3.05, 3.63) is 71.8 Å². The zero-order valence-corrected chi connectivity index (χ0v) is 18.0. The minimum absolute atomic E-state index is 0.316. The van der Waals surface area contributed by atoms with Gasteiger partial charge in [0.1, 0.15) is 0 Å². The van der Waals surface area contributed by atoms with E-state index in [0.29, 0.717) is 11.1 Å². The summed E-state index contributed by atoms with van der Waals surface area (Å²) in [6.45, 7) is -0.633. The molecule has 8 nitrogen and oxygen atoms in total. The van der Waals surface area contributed by atoms with E-state index < -0.39 is 48.9 Å². The maximum absolute atomic E-state index is 11.8. The van der Waals surface area contributed by atoms with Gasteiger partial charge in [-0.25, -0.2) is 0 Å². The first-order valence-corrected chi connectivity index (χ1v) is 11.0. The third-order valence-corrected chi connectivity index (χ3v) is 5.59. The molecule has 27 heavy (non-hydrogen) atoms. The van der Waals surface area contributed by atoms with E-state index in [9.17, 15) is 19.2 Å². The predicted octanol–water partition coefficient (Wildman–Crippen LogP) is 0.467. The Labute approximate surface area is 168 Å². The first-order chi connectivity index (χ1) is 13.1. The average molecular weight is 564 g/mol. The molecule has 0 fully saturated rings. The Hall–Kier alpha value is -2.76. The normalized spacial score (nSPS) is 9.78. The summed E-state index contributed by atoms with van der Waals surface area (Å²) in [5.41, 5.74) is 0.848. The first-order valence-electron chi connectivity index (χ1n) is 7.87. The van der Waals surface area contributed by atoms with Crippen LogP contribution in [0.3, 0.4) is 0 Å². The van der Waals surface area contributed by atoms with Crippen molar-refractivity contribution >= 4 is 48.9 Å². The molecule has 2 aromatic carbocycles. The molecule has 2 radical (unpaired) electrons. The van der Waals surface area contributed by atoms with Gasteiger partial charge in [0.05, 0.1) is 0 Å². The second kappa shape index (κ2) is 11.1. The molecular weight excluding hydrogens is 547 g/mol. The third-order valence-electron chi connectivity index (χ3n) is 3.17. The average Bonchev–Trinajstić information content (AvgIpc) is 2.71. The zero-order valence-electron chi connectivity index (χ0n) is 14.1. The molecule has 0 heterocycles. The molecule has 0 aliphatic rings. The van der Waals surface area contributed by atoms with Gasteiger partial charge in [-0.3, -0.25) is 0 Å². The number of carbonyl (C=O) groups is 4. The number of nitrogens with one attached hydrogen (secondary N) is 2. The second-order valence-corrected chi connectivity index (χ2v) is 7.36. The van der Waals surface area contributed by atoms with Gasteiger partial charge in [-0.05, 0) is 0 Å². The fourth-order valence-corrected chi connectivity index (χ4v) is 3.32. The molecule has 0 spiro atoms. The number of carbonyl (C=O) groups excluding carboxylic acids is 4. The summed E-state index contributed by atoms with van der Waals surface area (Å²) >= 11 is -2.42. The second-order valence-electron chi connectivity index (χ2n) is 5.13. The van der Waals surface area contributed by atoms with Gasteiger partial charge in [-0.2, -0.15) is 0 Å². The SMILES string of the molecule is O=C(CNC(=O)c1ccccc1)[O][Pb][O]C(=O)CNC(=O)c1ccccc1. The van der Waals surface area contributed by atoms with Crippen LogP contribution in [0.25, 0.3) is 0 Å². The molecule has 0 saturated carbocycles. The molecule has 2 N–H and O–H groups in total. The van der Waals surface area contributed by atoms with Crippen LogP contribution >= 0.6 is 0 Å². The van der Waals surface area contributed by atoms with E-state index in [4.69, 9.17) is 5.37 Å². The van der Waals surface area contributed by atoms with E-state index in [1.54, 1.807) is 60.7 Å². The summed E-state index contributed by atoms with van der Waals surface area (Å²) in [6, 6.07) is 16.8. The maximum atomic E-state index is 11.8. The quantitative estimate of drug-likeness (QED) is 0.452. The van der Waals surface area contributed by atoms with Gasteiger partial charge >= 0.3 is 169 Å². The van der Waals surface area contributed by atoms with Gasteiger partial charge in [0.25, 0.3) is 0 Å². The molecule has 138 valence electrons. The van der Waals surface area contributed by atoms with Crippen molar-refractivity contribution < 1.29 is 24.6 Å². The van der Waals surface area contributed by atoms with Crippen LogP contribution in [0.2, 0.25) is 0 Å². The molecule has 0 aliphatic carbocycles. The Balaban J connectivity index is 1.59. The van der Waals surface area contributed by atoms with Gasteiger partial charge in [0.2, 0.25) is 0 Å². The minimum atomic E-state index is -2.42. The standard InChI is InChI=1S/2C9H9NO3.Pb/c2*11-8(12)6-10-9(13)7-4-2-1-3-5-7;/h2*1-5H,6H2,(H,10,13)(H,11,12);/q;;+2/p-2. The van der Waals surface area contributed by atoms with Gasteiger partial charge in [-0.1, -0.05) is 0 Å². The summed E-state index contributed by atoms with van der Waals surface area (Å²) < 4.78 is 9.75. The Kier molecular flexibility index (Phi) is 8.42. The fraction of sp³-hybridized carbons (Fsp3) is 0.111. The third kappa shape index (κ3) is 7.56. The van der Waals surface area contributed by atoms with Crippen LogP contribution in [0.15, 0.2) is 60.7 Å². The number of benzene rings is 2. The zero-order chi connectivity index (χ0) is 19.5. The summed E-state index contributed by atoms with van der Waals surface area (Å²) in [4.78, 5) is 46.7. The van der Waals surface area contributed by atoms with Crippen LogP contribution in [-0.4, -0.2) is 62.0 Å². The van der Waals surface area contributed by atoms with E-state index >= 15 is 0 Å². The topological polar surface area (TPSA) is 111 Å². The van der Waals surface area contributed by atoms with Crippen LogP contribution in [-0.2, 0) is 15.0 Å². The molecule has 0 unspecified atom stereocenters. The van der Waals surface area contributed by atoms with Crippen LogP contribution < -0.4 is 10.6 Å². The molecule has 9 heteroatoms. The molecule has 2 rings (SSSR count). The van der Waals surface area contributed by atoms with E-state index in [0.717, 1.165) is 0 Å². The molecule has 0 atom stereocenters. The van der Waals surface area contributed by atoms with Gasteiger partial charge in [0.15, 0.2) is 0 Å². The van der Waals surface area contributed by atoms with Crippen LogP contribution in [0.1, 0.15) is 20.7 Å². The van der Waals surface area contributed by atoms with Crippen molar-refractivity contribution in [2.45, 2.75) is 0 Å². The van der Waals surface area contributed by atoms with E-state index in [2.05, 4.69) is 10.6 Å². The van der Waals surface area contributed by atoms with Gasteiger partial charge in [-0.15, -0.1) is 0 Å². The number of hydrogen-bond donors (Lipinski definition) is 2. The van der Waals surface area contributed by atoms with Crippen LogP contribution in [0.4, 0.5) is 0 Å². The summed E-state index contributed by atoms with van der Waals surface area (Å²) in [5.74, 6) is -2.16. The van der Waals surface area contributed by atoms with Gasteiger partial charge in [0, 0.05) is 0 Å². The van der Waals surface area contributed by atoms with Gasteiger partial charge < -0.3 is 0 Å². The van der Waals surface area contributed by atoms with Crippen molar-refractivity contribution in [2.75, 3.05) is 13.1 Å². The summed E-state index contributed by atoms with van der Waals surface area (Å²) in [5, 5.41) is 4.83.